The third-order valence-electron chi connectivity index (χ3n) is 3.81. The molecule has 6 nitrogen and oxygen atoms in total. The lowest BCUT2D eigenvalue weighted by atomic mass is 9.95. The fourth-order valence-corrected chi connectivity index (χ4v) is 2.57. The second-order valence-electron chi connectivity index (χ2n) is 5.14. The van der Waals surface area contributed by atoms with Crippen LogP contribution in [0.25, 0.3) is 0 Å². The molecule has 0 aromatic carbocycles. The van der Waals surface area contributed by atoms with Gasteiger partial charge in [0.1, 0.15) is 0 Å². The quantitative estimate of drug-likeness (QED) is 0.822. The summed E-state index contributed by atoms with van der Waals surface area (Å²) in [4.78, 5) is 6.65. The number of aromatic nitrogens is 2. The van der Waals surface area contributed by atoms with Crippen LogP contribution < -0.4 is 10.2 Å². The highest BCUT2D eigenvalue weighted by molar-refractivity contribution is 5.27. The molecule has 2 unspecified atom stereocenters. The summed E-state index contributed by atoms with van der Waals surface area (Å²) < 4.78 is 11.1. The predicted octanol–water partition coefficient (Wildman–Crippen LogP) is 1.79. The lowest BCUT2D eigenvalue weighted by Crippen LogP contribution is -2.41. The van der Waals surface area contributed by atoms with Crippen LogP contribution in [-0.4, -0.2) is 49.0 Å². The van der Waals surface area contributed by atoms with Crippen molar-refractivity contribution in [1.29, 1.82) is 0 Å². The number of hydrogen-bond acceptors (Lipinski definition) is 6. The van der Waals surface area contributed by atoms with Gasteiger partial charge in [-0.1, -0.05) is 6.92 Å². The average molecular weight is 282 g/mol. The number of hydrogen-bond donors (Lipinski definition) is 1. The van der Waals surface area contributed by atoms with Crippen molar-refractivity contribution < 1.29 is 9.26 Å². The molecule has 1 aromatic heterocycles. The minimum Gasteiger partial charge on any atom is -0.381 e. The molecule has 6 heteroatoms. The number of nitrogens with one attached hydrogen (secondary N) is 1. The lowest BCUT2D eigenvalue weighted by Gasteiger charge is -2.29. The van der Waals surface area contributed by atoms with Gasteiger partial charge in [-0.25, -0.2) is 0 Å². The lowest BCUT2D eigenvalue weighted by molar-refractivity contribution is 0.0498. The first kappa shape index (κ1) is 15.3. The Bertz CT molecular complexity index is 392. The molecule has 0 spiro atoms. The summed E-state index contributed by atoms with van der Waals surface area (Å²) in [5.74, 6) is 1.54. The molecular weight excluding hydrogens is 256 g/mol. The summed E-state index contributed by atoms with van der Waals surface area (Å²) >= 11 is 0. The zero-order chi connectivity index (χ0) is 14.4. The van der Waals surface area contributed by atoms with Crippen LogP contribution in [0.2, 0.25) is 0 Å². The summed E-state index contributed by atoms with van der Waals surface area (Å²) in [6.45, 7) is 10.6. The molecule has 20 heavy (non-hydrogen) atoms. The van der Waals surface area contributed by atoms with Crippen molar-refractivity contribution in [3.8, 4) is 0 Å². The van der Waals surface area contributed by atoms with Gasteiger partial charge in [0.05, 0.1) is 12.5 Å². The number of nitrogens with zero attached hydrogens (tertiary/aromatic N) is 3. The van der Waals surface area contributed by atoms with Crippen molar-refractivity contribution in [2.75, 3.05) is 37.7 Å². The van der Waals surface area contributed by atoms with Gasteiger partial charge in [0.25, 0.3) is 5.95 Å². The van der Waals surface area contributed by atoms with Crippen LogP contribution in [0.1, 0.15) is 45.4 Å². The molecule has 1 saturated heterocycles. The zero-order valence-corrected chi connectivity index (χ0v) is 12.8. The minimum absolute atomic E-state index is 0.159. The van der Waals surface area contributed by atoms with Crippen molar-refractivity contribution in [3.05, 3.63) is 5.89 Å². The third kappa shape index (κ3) is 3.49. The van der Waals surface area contributed by atoms with E-state index in [-0.39, 0.29) is 5.92 Å². The van der Waals surface area contributed by atoms with Crippen LogP contribution in [0.15, 0.2) is 4.52 Å². The summed E-state index contributed by atoms with van der Waals surface area (Å²) in [7, 11) is 0. The summed E-state index contributed by atoms with van der Waals surface area (Å²) in [6, 6.07) is 0.369. The molecule has 1 N–H and O–H groups in total. The van der Waals surface area contributed by atoms with E-state index in [1.54, 1.807) is 0 Å². The Morgan fingerprint density at radius 3 is 2.80 bits per heavy atom. The van der Waals surface area contributed by atoms with Crippen LogP contribution in [0.5, 0.6) is 0 Å². The summed E-state index contributed by atoms with van der Waals surface area (Å²) in [6.07, 6.45) is 2.12. The Kier molecular flexibility index (Phi) is 5.79. The number of anilines is 1. The Morgan fingerprint density at radius 2 is 2.10 bits per heavy atom. The second-order valence-corrected chi connectivity index (χ2v) is 5.14. The monoisotopic (exact) mass is 282 g/mol. The summed E-state index contributed by atoms with van der Waals surface area (Å²) in [5.41, 5.74) is 0. The van der Waals surface area contributed by atoms with Crippen molar-refractivity contribution in [2.24, 2.45) is 0 Å². The average Bonchev–Trinajstić information content (AvgIpc) is 2.96. The van der Waals surface area contributed by atoms with Gasteiger partial charge in [-0.3, -0.25) is 0 Å². The highest BCUT2D eigenvalue weighted by atomic mass is 16.5. The van der Waals surface area contributed by atoms with E-state index >= 15 is 0 Å². The molecule has 0 amide bonds. The van der Waals surface area contributed by atoms with Gasteiger partial charge in [-0.2, -0.15) is 4.98 Å². The molecule has 1 fully saturated rings. The molecule has 1 aliphatic rings. The Labute approximate surface area is 120 Å². The van der Waals surface area contributed by atoms with Gasteiger partial charge in [-0.15, -0.1) is 0 Å². The van der Waals surface area contributed by atoms with E-state index in [0.717, 1.165) is 39.1 Å². The van der Waals surface area contributed by atoms with Gasteiger partial charge in [0.15, 0.2) is 0 Å². The van der Waals surface area contributed by atoms with E-state index in [9.17, 15) is 0 Å². The fraction of sp³-hybridized carbons (Fsp3) is 0.857. The smallest absolute Gasteiger partial charge is 0.266 e. The topological polar surface area (TPSA) is 63.4 Å². The Hall–Kier alpha value is -1.14. The van der Waals surface area contributed by atoms with Crippen molar-refractivity contribution >= 4 is 5.95 Å². The highest BCUT2D eigenvalue weighted by Gasteiger charge is 2.31. The van der Waals surface area contributed by atoms with Crippen molar-refractivity contribution in [1.82, 2.24) is 15.5 Å². The van der Waals surface area contributed by atoms with E-state index < -0.39 is 0 Å². The van der Waals surface area contributed by atoms with E-state index in [1.807, 2.05) is 0 Å². The molecule has 0 saturated carbocycles. The molecule has 0 radical (unpaired) electrons. The third-order valence-corrected chi connectivity index (χ3v) is 3.81. The van der Waals surface area contributed by atoms with Crippen molar-refractivity contribution in [3.63, 3.8) is 0 Å². The van der Waals surface area contributed by atoms with Crippen molar-refractivity contribution in [2.45, 2.75) is 45.6 Å². The van der Waals surface area contributed by atoms with Crippen LogP contribution in [0, 0.1) is 0 Å². The molecule has 1 aromatic rings. The van der Waals surface area contributed by atoms with E-state index in [0.29, 0.717) is 24.5 Å². The largest absolute Gasteiger partial charge is 0.381 e. The van der Waals surface area contributed by atoms with Gasteiger partial charge in [0, 0.05) is 25.7 Å². The van der Waals surface area contributed by atoms with Crippen LogP contribution in [0.3, 0.4) is 0 Å². The molecule has 2 heterocycles. The van der Waals surface area contributed by atoms with Gasteiger partial charge >= 0.3 is 0 Å². The van der Waals surface area contributed by atoms with Crippen LogP contribution in [-0.2, 0) is 4.74 Å². The normalized spacial score (nSPS) is 22.9. The Morgan fingerprint density at radius 1 is 1.30 bits per heavy atom. The first-order valence-electron chi connectivity index (χ1n) is 7.69. The van der Waals surface area contributed by atoms with E-state index in [2.05, 4.69) is 41.1 Å². The molecule has 2 rings (SSSR count). The maximum Gasteiger partial charge on any atom is 0.266 e. The first-order valence-corrected chi connectivity index (χ1v) is 7.69. The maximum absolute atomic E-state index is 5.59. The van der Waals surface area contributed by atoms with Gasteiger partial charge < -0.3 is 19.5 Å². The molecule has 0 aliphatic carbocycles. The molecule has 1 aliphatic heterocycles. The SMILES string of the molecule is CCCNC1CCOCC1c1nc(N(CC)CC)no1. The summed E-state index contributed by atoms with van der Waals surface area (Å²) in [5, 5.41) is 7.67. The second kappa shape index (κ2) is 7.59. The standard InChI is InChI=1S/C14H26N4O2/c1-4-8-15-12-7-9-19-10-11(12)13-16-14(17-20-13)18(5-2)6-3/h11-12,15H,4-10H2,1-3H3. The van der Waals surface area contributed by atoms with Gasteiger partial charge in [0.2, 0.25) is 5.89 Å². The number of ether oxygens (including phenoxy) is 1. The van der Waals surface area contributed by atoms with E-state index in [1.165, 1.54) is 0 Å². The molecule has 0 bridgehead atoms. The maximum atomic E-state index is 5.59. The molecule has 114 valence electrons. The Balaban J connectivity index is 2.07. The van der Waals surface area contributed by atoms with E-state index in [4.69, 9.17) is 9.26 Å². The first-order chi connectivity index (χ1) is 9.80. The fourth-order valence-electron chi connectivity index (χ4n) is 2.57. The molecular formula is C14H26N4O2. The highest BCUT2D eigenvalue weighted by Crippen LogP contribution is 2.26. The molecule has 2 atom stereocenters. The van der Waals surface area contributed by atoms with Crippen LogP contribution in [0.4, 0.5) is 5.95 Å². The predicted molar refractivity (Wildman–Crippen MR) is 78.1 cm³/mol. The van der Waals surface area contributed by atoms with Crippen LogP contribution >= 0.6 is 0 Å². The zero-order valence-electron chi connectivity index (χ0n) is 12.8. The number of rotatable bonds is 7. The minimum atomic E-state index is 0.159. The van der Waals surface area contributed by atoms with Gasteiger partial charge in [-0.05, 0) is 38.4 Å².